The second-order valence-electron chi connectivity index (χ2n) is 4.25. The molecule has 0 saturated heterocycles. The van der Waals surface area contributed by atoms with E-state index in [0.29, 0.717) is 11.3 Å². The molecule has 19 heavy (non-hydrogen) atoms. The molecule has 0 radical (unpaired) electrons. The van der Waals surface area contributed by atoms with Gasteiger partial charge in [0.25, 0.3) is 0 Å². The summed E-state index contributed by atoms with van der Waals surface area (Å²) in [5, 5.41) is -0.455. The molecule has 0 fully saturated rings. The number of halogens is 3. The molecule has 4 heteroatoms. The molecule has 0 aliphatic carbocycles. The zero-order valence-corrected chi connectivity index (χ0v) is 12.9. The van der Waals surface area contributed by atoms with E-state index in [0.717, 1.165) is 15.6 Å². The van der Waals surface area contributed by atoms with Crippen LogP contribution in [0.1, 0.15) is 22.1 Å². The van der Waals surface area contributed by atoms with Gasteiger partial charge in [0.2, 0.25) is 0 Å². The topological polar surface area (TPSA) is 9.23 Å². The van der Waals surface area contributed by atoms with Gasteiger partial charge in [0.05, 0.1) is 12.5 Å². The van der Waals surface area contributed by atoms with E-state index in [1.54, 1.807) is 13.2 Å². The van der Waals surface area contributed by atoms with Gasteiger partial charge in [-0.05, 0) is 48.4 Å². The Kier molecular flexibility index (Phi) is 4.48. The Balaban J connectivity index is 2.51. The van der Waals surface area contributed by atoms with E-state index in [1.807, 2.05) is 25.1 Å². The molecule has 0 bridgehead atoms. The number of hydrogen-bond acceptors (Lipinski definition) is 1. The summed E-state index contributed by atoms with van der Waals surface area (Å²) >= 11 is 9.92. The fraction of sp³-hybridized carbons (Fsp3) is 0.200. The fourth-order valence-corrected chi connectivity index (χ4v) is 2.74. The average molecular weight is 344 g/mol. The van der Waals surface area contributed by atoms with Crippen LogP contribution in [0.4, 0.5) is 4.39 Å². The van der Waals surface area contributed by atoms with Crippen LogP contribution in [-0.4, -0.2) is 7.11 Å². The lowest BCUT2D eigenvalue weighted by Crippen LogP contribution is -2.00. The molecule has 2 rings (SSSR count). The number of alkyl halides is 1. The van der Waals surface area contributed by atoms with Gasteiger partial charge in [-0.2, -0.15) is 0 Å². The van der Waals surface area contributed by atoms with E-state index < -0.39 is 5.38 Å². The lowest BCUT2D eigenvalue weighted by molar-refractivity contribution is 0.409. The zero-order valence-electron chi connectivity index (χ0n) is 10.6. The summed E-state index contributed by atoms with van der Waals surface area (Å²) in [6, 6.07) is 10.2. The van der Waals surface area contributed by atoms with Gasteiger partial charge in [-0.25, -0.2) is 4.39 Å². The Hall–Kier alpha value is -1.06. The highest BCUT2D eigenvalue weighted by Gasteiger charge is 2.18. The van der Waals surface area contributed by atoms with Crippen molar-refractivity contribution in [3.8, 4) is 5.75 Å². The first-order valence-corrected chi connectivity index (χ1v) is 6.99. The molecule has 0 aliphatic heterocycles. The molecule has 0 amide bonds. The first-order valence-electron chi connectivity index (χ1n) is 5.76. The maximum absolute atomic E-state index is 13.4. The molecule has 1 unspecified atom stereocenters. The number of rotatable bonds is 3. The van der Waals surface area contributed by atoms with E-state index in [4.69, 9.17) is 16.3 Å². The maximum Gasteiger partial charge on any atom is 0.124 e. The van der Waals surface area contributed by atoms with Crippen LogP contribution < -0.4 is 4.74 Å². The molecule has 100 valence electrons. The predicted octanol–water partition coefficient (Wildman–Crippen LogP) is 5.23. The van der Waals surface area contributed by atoms with E-state index in [2.05, 4.69) is 15.9 Å². The Morgan fingerprint density at radius 1 is 1.16 bits per heavy atom. The van der Waals surface area contributed by atoms with Gasteiger partial charge in [-0.15, -0.1) is 11.6 Å². The Morgan fingerprint density at radius 2 is 1.89 bits per heavy atom. The summed E-state index contributed by atoms with van der Waals surface area (Å²) in [6.45, 7) is 1.98. The molecular formula is C15H13BrClFO. The number of benzene rings is 2. The molecule has 0 heterocycles. The highest BCUT2D eigenvalue weighted by Crippen LogP contribution is 2.37. The molecule has 0 aliphatic rings. The minimum absolute atomic E-state index is 0.325. The average Bonchev–Trinajstić information content (AvgIpc) is 2.40. The monoisotopic (exact) mass is 342 g/mol. The van der Waals surface area contributed by atoms with Crippen molar-refractivity contribution in [2.75, 3.05) is 7.11 Å². The number of methoxy groups -OCH3 is 1. The smallest absolute Gasteiger partial charge is 0.124 e. The minimum atomic E-state index is -0.455. The van der Waals surface area contributed by atoms with Gasteiger partial charge in [0.1, 0.15) is 11.6 Å². The molecule has 1 nitrogen and oxygen atoms in total. The van der Waals surface area contributed by atoms with Crippen molar-refractivity contribution in [2.24, 2.45) is 0 Å². The number of ether oxygens (including phenoxy) is 1. The van der Waals surface area contributed by atoms with Gasteiger partial charge >= 0.3 is 0 Å². The quantitative estimate of drug-likeness (QED) is 0.693. The third-order valence-electron chi connectivity index (χ3n) is 2.98. The molecule has 2 aromatic carbocycles. The van der Waals surface area contributed by atoms with Crippen LogP contribution in [0.15, 0.2) is 40.9 Å². The van der Waals surface area contributed by atoms with Gasteiger partial charge in [-0.3, -0.25) is 0 Å². The van der Waals surface area contributed by atoms with Crippen molar-refractivity contribution in [2.45, 2.75) is 12.3 Å². The summed E-state index contributed by atoms with van der Waals surface area (Å²) in [5.74, 6) is 0.259. The van der Waals surface area contributed by atoms with E-state index in [1.165, 1.54) is 12.1 Å². The van der Waals surface area contributed by atoms with Gasteiger partial charge < -0.3 is 4.74 Å². The van der Waals surface area contributed by atoms with Crippen LogP contribution in [0.2, 0.25) is 0 Å². The van der Waals surface area contributed by atoms with Gasteiger partial charge in [-0.1, -0.05) is 22.0 Å². The Bertz CT molecular complexity index is 601. The largest absolute Gasteiger partial charge is 0.496 e. The summed E-state index contributed by atoms with van der Waals surface area (Å²) < 4.78 is 19.6. The fourth-order valence-electron chi connectivity index (χ4n) is 1.96. The Morgan fingerprint density at radius 3 is 2.58 bits per heavy atom. The molecular weight excluding hydrogens is 331 g/mol. The lowest BCUT2D eigenvalue weighted by Gasteiger charge is -2.16. The van der Waals surface area contributed by atoms with Crippen LogP contribution in [0.3, 0.4) is 0 Å². The standard InChI is InChI=1S/C15H13BrClFO/c1-9-3-4-10(16)7-12(9)15(17)13-8-11(18)5-6-14(13)19-2/h3-8,15H,1-2H3. The van der Waals surface area contributed by atoms with Crippen molar-refractivity contribution in [1.29, 1.82) is 0 Å². The second-order valence-corrected chi connectivity index (χ2v) is 5.60. The van der Waals surface area contributed by atoms with Crippen molar-refractivity contribution in [3.63, 3.8) is 0 Å². The van der Waals surface area contributed by atoms with Crippen LogP contribution in [0.25, 0.3) is 0 Å². The normalized spacial score (nSPS) is 12.3. The SMILES string of the molecule is COc1ccc(F)cc1C(Cl)c1cc(Br)ccc1C. The number of hydrogen-bond donors (Lipinski definition) is 0. The molecule has 1 atom stereocenters. The minimum Gasteiger partial charge on any atom is -0.496 e. The van der Waals surface area contributed by atoms with Crippen molar-refractivity contribution in [1.82, 2.24) is 0 Å². The van der Waals surface area contributed by atoms with Gasteiger partial charge in [0.15, 0.2) is 0 Å². The third kappa shape index (κ3) is 3.10. The molecule has 2 aromatic rings. The number of aryl methyl sites for hydroxylation is 1. The third-order valence-corrected chi connectivity index (χ3v) is 3.94. The highest BCUT2D eigenvalue weighted by molar-refractivity contribution is 9.10. The Labute approximate surface area is 125 Å². The second kappa shape index (κ2) is 5.93. The lowest BCUT2D eigenvalue weighted by atomic mass is 9.99. The predicted molar refractivity (Wildman–Crippen MR) is 79.5 cm³/mol. The van der Waals surface area contributed by atoms with Crippen LogP contribution in [0.5, 0.6) is 5.75 Å². The first-order chi connectivity index (χ1) is 9.02. The van der Waals surface area contributed by atoms with Crippen LogP contribution in [-0.2, 0) is 0 Å². The molecule has 0 saturated carbocycles. The summed E-state index contributed by atoms with van der Waals surface area (Å²) in [7, 11) is 1.55. The van der Waals surface area contributed by atoms with E-state index in [-0.39, 0.29) is 5.82 Å². The maximum atomic E-state index is 13.4. The molecule has 0 N–H and O–H groups in total. The highest BCUT2D eigenvalue weighted by atomic mass is 79.9. The van der Waals surface area contributed by atoms with Gasteiger partial charge in [0, 0.05) is 10.0 Å². The zero-order chi connectivity index (χ0) is 14.0. The van der Waals surface area contributed by atoms with Crippen molar-refractivity contribution < 1.29 is 9.13 Å². The molecule has 0 spiro atoms. The van der Waals surface area contributed by atoms with E-state index in [9.17, 15) is 4.39 Å². The van der Waals surface area contributed by atoms with E-state index >= 15 is 0 Å². The summed E-state index contributed by atoms with van der Waals surface area (Å²) in [5.41, 5.74) is 2.61. The van der Waals surface area contributed by atoms with Crippen molar-refractivity contribution >= 4 is 27.5 Å². The first kappa shape index (κ1) is 14.4. The van der Waals surface area contributed by atoms with Crippen LogP contribution >= 0.6 is 27.5 Å². The summed E-state index contributed by atoms with van der Waals surface area (Å²) in [6.07, 6.45) is 0. The van der Waals surface area contributed by atoms with Crippen LogP contribution in [0, 0.1) is 12.7 Å². The van der Waals surface area contributed by atoms with Crippen molar-refractivity contribution in [3.05, 3.63) is 63.4 Å². The summed E-state index contributed by atoms with van der Waals surface area (Å²) in [4.78, 5) is 0. The molecule has 0 aromatic heterocycles.